The molecule has 0 radical (unpaired) electrons. The maximum atomic E-state index is 12.7. The number of carbonyl (C=O) groups is 1. The Morgan fingerprint density at radius 3 is 2.94 bits per heavy atom. The van der Waals surface area contributed by atoms with E-state index < -0.39 is 0 Å². The number of aromatic amines is 2. The zero-order valence-electron chi connectivity index (χ0n) is 17.6. The molecule has 33 heavy (non-hydrogen) atoms. The van der Waals surface area contributed by atoms with Crippen LogP contribution in [0, 0.1) is 0 Å². The smallest absolute Gasteiger partial charge is 0.255 e. The van der Waals surface area contributed by atoms with Crippen molar-refractivity contribution < 1.29 is 4.79 Å². The molecule has 1 aromatic carbocycles. The Bertz CT molecular complexity index is 1500. The number of pyridine rings is 1. The van der Waals surface area contributed by atoms with Gasteiger partial charge in [0.05, 0.1) is 22.7 Å². The predicted molar refractivity (Wildman–Crippen MR) is 126 cm³/mol. The van der Waals surface area contributed by atoms with E-state index >= 15 is 0 Å². The summed E-state index contributed by atoms with van der Waals surface area (Å²) in [5, 5.41) is 12.4. The lowest BCUT2D eigenvalue weighted by atomic mass is 10.0. The molecule has 0 saturated heterocycles. The number of anilines is 2. The second-order valence-electron chi connectivity index (χ2n) is 7.94. The highest BCUT2D eigenvalue weighted by Gasteiger charge is 2.20. The maximum Gasteiger partial charge on any atom is 0.255 e. The molecular weight excluding hydrogens is 416 g/mol. The summed E-state index contributed by atoms with van der Waals surface area (Å²) in [4.78, 5) is 30.8. The minimum absolute atomic E-state index is 0.00184. The van der Waals surface area contributed by atoms with Crippen molar-refractivity contribution in [2.24, 2.45) is 0 Å². The molecule has 6 rings (SSSR count). The average Bonchev–Trinajstić information content (AvgIpc) is 3.52. The molecule has 4 aromatic heterocycles. The number of fused-ring (bicyclic) bond motifs is 2. The first-order valence-electron chi connectivity index (χ1n) is 10.7. The topological polar surface area (TPSA) is 115 Å². The van der Waals surface area contributed by atoms with Crippen molar-refractivity contribution in [1.82, 2.24) is 35.0 Å². The van der Waals surface area contributed by atoms with Gasteiger partial charge in [-0.1, -0.05) is 6.08 Å². The summed E-state index contributed by atoms with van der Waals surface area (Å²) in [5.74, 6) is 0.733. The van der Waals surface area contributed by atoms with Crippen LogP contribution in [-0.2, 0) is 0 Å². The van der Waals surface area contributed by atoms with Gasteiger partial charge >= 0.3 is 0 Å². The third-order valence-electron chi connectivity index (χ3n) is 5.88. The Morgan fingerprint density at radius 2 is 2.09 bits per heavy atom. The lowest BCUT2D eigenvalue weighted by molar-refractivity contribution is 0.0772. The van der Waals surface area contributed by atoms with Gasteiger partial charge in [0, 0.05) is 42.3 Å². The molecule has 162 valence electrons. The van der Waals surface area contributed by atoms with Crippen molar-refractivity contribution in [2.75, 3.05) is 18.4 Å². The molecular formula is C24H20N8O. The van der Waals surface area contributed by atoms with E-state index in [-0.39, 0.29) is 5.91 Å². The molecule has 0 bridgehead atoms. The zero-order chi connectivity index (χ0) is 22.2. The first kappa shape index (κ1) is 19.2. The number of rotatable bonds is 4. The second-order valence-corrected chi connectivity index (χ2v) is 7.94. The molecule has 9 nitrogen and oxygen atoms in total. The molecule has 0 aliphatic carbocycles. The van der Waals surface area contributed by atoms with Gasteiger partial charge in [-0.3, -0.25) is 14.9 Å². The van der Waals surface area contributed by atoms with Gasteiger partial charge in [-0.25, -0.2) is 9.97 Å². The summed E-state index contributed by atoms with van der Waals surface area (Å²) in [6, 6.07) is 11.6. The summed E-state index contributed by atoms with van der Waals surface area (Å²) >= 11 is 0. The normalized spacial score (nSPS) is 13.9. The van der Waals surface area contributed by atoms with Crippen LogP contribution in [0.3, 0.4) is 0 Å². The number of H-pyrrole nitrogens is 2. The molecule has 1 amide bonds. The van der Waals surface area contributed by atoms with Crippen LogP contribution < -0.4 is 5.32 Å². The molecule has 0 saturated carbocycles. The van der Waals surface area contributed by atoms with Crippen LogP contribution in [0.1, 0.15) is 22.5 Å². The molecule has 0 fully saturated rings. The fraction of sp³-hybridized carbons (Fsp3) is 0.125. The molecule has 1 aliphatic heterocycles. The summed E-state index contributed by atoms with van der Waals surface area (Å²) < 4.78 is 0. The lowest BCUT2D eigenvalue weighted by Crippen LogP contribution is -2.34. The van der Waals surface area contributed by atoms with Gasteiger partial charge in [0.25, 0.3) is 5.91 Å². The van der Waals surface area contributed by atoms with Crippen LogP contribution in [-0.4, -0.2) is 54.0 Å². The monoisotopic (exact) mass is 436 g/mol. The van der Waals surface area contributed by atoms with Gasteiger partial charge in [-0.2, -0.15) is 5.10 Å². The maximum absolute atomic E-state index is 12.7. The van der Waals surface area contributed by atoms with Gasteiger partial charge in [0.1, 0.15) is 17.8 Å². The standard InChI is InChI=1S/C24H20N8O/c33-24(16-2-1-7-25-12-16)32-8-5-15(6-9-32)21-11-19-22(26-14-27-23(19)30-21)29-18-3-4-20-17(10-18)13-28-31-20/h1-5,7,10-14H,6,8-9H2,(H,28,31)(H2,26,27,29,30). The minimum atomic E-state index is 0.00184. The molecule has 3 N–H and O–H groups in total. The number of carbonyl (C=O) groups excluding carboxylic acids is 1. The van der Waals surface area contributed by atoms with E-state index in [4.69, 9.17) is 0 Å². The van der Waals surface area contributed by atoms with Gasteiger partial charge < -0.3 is 15.2 Å². The Kier molecular flexibility index (Phi) is 4.57. The first-order valence-corrected chi connectivity index (χ1v) is 10.7. The van der Waals surface area contributed by atoms with Crippen molar-refractivity contribution >= 4 is 44.9 Å². The third kappa shape index (κ3) is 3.59. The number of hydrogen-bond donors (Lipinski definition) is 3. The van der Waals surface area contributed by atoms with Gasteiger partial charge in [0.15, 0.2) is 0 Å². The fourth-order valence-corrected chi connectivity index (χ4v) is 4.14. The van der Waals surface area contributed by atoms with Gasteiger partial charge in [0.2, 0.25) is 0 Å². The van der Waals surface area contributed by atoms with E-state index in [1.54, 1.807) is 37.1 Å². The number of amides is 1. The number of benzene rings is 1. The summed E-state index contributed by atoms with van der Waals surface area (Å²) in [6.07, 6.45) is 9.47. The molecule has 5 aromatic rings. The fourth-order valence-electron chi connectivity index (χ4n) is 4.14. The lowest BCUT2D eigenvalue weighted by Gasteiger charge is -2.26. The summed E-state index contributed by atoms with van der Waals surface area (Å²) in [7, 11) is 0. The summed E-state index contributed by atoms with van der Waals surface area (Å²) in [6.45, 7) is 1.20. The number of nitrogens with zero attached hydrogens (tertiary/aromatic N) is 5. The van der Waals surface area contributed by atoms with Crippen molar-refractivity contribution in [3.05, 3.63) is 78.6 Å². The minimum Gasteiger partial charge on any atom is -0.340 e. The van der Waals surface area contributed by atoms with E-state index in [2.05, 4.69) is 47.6 Å². The SMILES string of the molecule is O=C(c1cccnc1)N1CC=C(c2cc3c(Nc4ccc5[nH]ncc5c4)ncnc3[nH]2)CC1. The van der Waals surface area contributed by atoms with Crippen LogP contribution in [0.25, 0.3) is 27.5 Å². The summed E-state index contributed by atoms with van der Waals surface area (Å²) in [5.41, 5.74) is 5.44. The first-order chi connectivity index (χ1) is 16.2. The Morgan fingerprint density at radius 1 is 1.12 bits per heavy atom. The molecule has 9 heteroatoms. The Hall–Kier alpha value is -4.53. The highest BCUT2D eigenvalue weighted by atomic mass is 16.2. The van der Waals surface area contributed by atoms with Crippen LogP contribution in [0.15, 0.2) is 67.4 Å². The van der Waals surface area contributed by atoms with E-state index in [1.165, 1.54) is 0 Å². The van der Waals surface area contributed by atoms with Crippen LogP contribution >= 0.6 is 0 Å². The average molecular weight is 436 g/mol. The quantitative estimate of drug-likeness (QED) is 0.394. The molecule has 0 spiro atoms. The third-order valence-corrected chi connectivity index (χ3v) is 5.88. The highest BCUT2D eigenvalue weighted by Crippen LogP contribution is 2.30. The Balaban J connectivity index is 1.24. The zero-order valence-corrected chi connectivity index (χ0v) is 17.6. The van der Waals surface area contributed by atoms with E-state index in [0.29, 0.717) is 18.7 Å². The van der Waals surface area contributed by atoms with Crippen LogP contribution in [0.5, 0.6) is 0 Å². The number of hydrogen-bond acceptors (Lipinski definition) is 6. The molecule has 0 unspecified atom stereocenters. The second kappa shape index (κ2) is 7.86. The number of nitrogens with one attached hydrogen (secondary N) is 3. The van der Waals surface area contributed by atoms with E-state index in [0.717, 1.165) is 51.1 Å². The van der Waals surface area contributed by atoms with Crippen LogP contribution in [0.2, 0.25) is 0 Å². The predicted octanol–water partition coefficient (Wildman–Crippen LogP) is 3.90. The molecule has 1 aliphatic rings. The van der Waals surface area contributed by atoms with E-state index in [1.807, 2.05) is 23.1 Å². The van der Waals surface area contributed by atoms with Crippen molar-refractivity contribution in [2.45, 2.75) is 6.42 Å². The Labute approximate surface area is 188 Å². The molecule has 5 heterocycles. The molecule has 0 atom stereocenters. The van der Waals surface area contributed by atoms with Crippen LogP contribution in [0.4, 0.5) is 11.5 Å². The highest BCUT2D eigenvalue weighted by molar-refractivity contribution is 5.95. The van der Waals surface area contributed by atoms with Gasteiger partial charge in [-0.15, -0.1) is 0 Å². The van der Waals surface area contributed by atoms with E-state index in [9.17, 15) is 4.79 Å². The van der Waals surface area contributed by atoms with Crippen molar-refractivity contribution in [3.63, 3.8) is 0 Å². The van der Waals surface area contributed by atoms with Crippen molar-refractivity contribution in [3.8, 4) is 0 Å². The largest absolute Gasteiger partial charge is 0.340 e. The number of aromatic nitrogens is 6. The van der Waals surface area contributed by atoms with Gasteiger partial charge in [-0.05, 0) is 48.4 Å². The van der Waals surface area contributed by atoms with Crippen molar-refractivity contribution in [1.29, 1.82) is 0 Å².